The van der Waals surface area contributed by atoms with Crippen LogP contribution < -0.4 is 5.73 Å². The molecule has 1 fully saturated rings. The Kier molecular flexibility index (Phi) is 4.90. The molecule has 0 bridgehead atoms. The maximum Gasteiger partial charge on any atom is 0.246 e. The van der Waals surface area contributed by atoms with Crippen LogP contribution in [0.3, 0.4) is 0 Å². The van der Waals surface area contributed by atoms with Gasteiger partial charge in [-0.2, -0.15) is 0 Å². The first-order valence-corrected chi connectivity index (χ1v) is 7.31. The van der Waals surface area contributed by atoms with Gasteiger partial charge in [0, 0.05) is 25.1 Å². The average Bonchev–Trinajstić information content (AvgIpc) is 3.22. The number of nitrogens with two attached hydrogens (primary N) is 1. The van der Waals surface area contributed by atoms with Crippen LogP contribution >= 0.6 is 12.2 Å². The van der Waals surface area contributed by atoms with E-state index in [-0.39, 0.29) is 5.91 Å². The summed E-state index contributed by atoms with van der Waals surface area (Å²) in [4.78, 5) is 14.6. The summed E-state index contributed by atoms with van der Waals surface area (Å²) in [6.07, 6.45) is 6.26. The van der Waals surface area contributed by atoms with E-state index in [1.54, 1.807) is 6.08 Å². The SMILES string of the molecule is Cc1ccc(/C=C/C(=O)N(CCC(N)=S)C2CC2)cc1. The van der Waals surface area contributed by atoms with Crippen molar-refractivity contribution >= 4 is 29.2 Å². The van der Waals surface area contributed by atoms with E-state index in [4.69, 9.17) is 18.0 Å². The quantitative estimate of drug-likeness (QED) is 0.646. The van der Waals surface area contributed by atoms with Gasteiger partial charge in [-0.15, -0.1) is 0 Å². The monoisotopic (exact) mass is 288 g/mol. The second-order valence-electron chi connectivity index (χ2n) is 5.22. The van der Waals surface area contributed by atoms with E-state index >= 15 is 0 Å². The molecule has 1 aromatic carbocycles. The summed E-state index contributed by atoms with van der Waals surface area (Å²) in [5.74, 6) is 0.0457. The Morgan fingerprint density at radius 1 is 1.40 bits per heavy atom. The van der Waals surface area contributed by atoms with Crippen molar-refractivity contribution in [3.05, 3.63) is 41.5 Å². The lowest BCUT2D eigenvalue weighted by atomic mass is 10.1. The summed E-state index contributed by atoms with van der Waals surface area (Å²) in [5.41, 5.74) is 7.76. The van der Waals surface area contributed by atoms with Gasteiger partial charge in [0.05, 0.1) is 4.99 Å². The number of hydrogen-bond donors (Lipinski definition) is 1. The molecule has 20 heavy (non-hydrogen) atoms. The summed E-state index contributed by atoms with van der Waals surface area (Å²) >= 11 is 4.88. The Bertz CT molecular complexity index is 518. The number of carbonyl (C=O) groups is 1. The van der Waals surface area contributed by atoms with Crippen molar-refractivity contribution in [2.45, 2.75) is 32.2 Å². The zero-order chi connectivity index (χ0) is 14.5. The molecule has 3 nitrogen and oxygen atoms in total. The van der Waals surface area contributed by atoms with Crippen LogP contribution in [0, 0.1) is 6.92 Å². The Balaban J connectivity index is 1.97. The molecule has 1 aliphatic carbocycles. The molecule has 0 aromatic heterocycles. The van der Waals surface area contributed by atoms with Crippen molar-refractivity contribution < 1.29 is 4.79 Å². The normalized spacial score (nSPS) is 14.4. The number of hydrogen-bond acceptors (Lipinski definition) is 2. The van der Waals surface area contributed by atoms with Crippen LogP contribution in [0.2, 0.25) is 0 Å². The van der Waals surface area contributed by atoms with Crippen molar-refractivity contribution in [2.24, 2.45) is 5.73 Å². The van der Waals surface area contributed by atoms with Gasteiger partial charge >= 0.3 is 0 Å². The van der Waals surface area contributed by atoms with E-state index in [0.717, 1.165) is 18.4 Å². The minimum atomic E-state index is 0.0457. The molecule has 1 saturated carbocycles. The number of nitrogens with zero attached hydrogens (tertiary/aromatic N) is 1. The van der Waals surface area contributed by atoms with Crippen molar-refractivity contribution in [1.82, 2.24) is 4.90 Å². The maximum absolute atomic E-state index is 12.2. The van der Waals surface area contributed by atoms with Crippen molar-refractivity contribution in [3.63, 3.8) is 0 Å². The third-order valence-corrected chi connectivity index (χ3v) is 3.57. The summed E-state index contributed by atoms with van der Waals surface area (Å²) in [7, 11) is 0. The van der Waals surface area contributed by atoms with E-state index in [9.17, 15) is 4.79 Å². The molecule has 1 aromatic rings. The number of amides is 1. The highest BCUT2D eigenvalue weighted by atomic mass is 32.1. The van der Waals surface area contributed by atoms with Gasteiger partial charge in [0.15, 0.2) is 0 Å². The first-order valence-electron chi connectivity index (χ1n) is 6.90. The molecule has 1 aliphatic rings. The first-order chi connectivity index (χ1) is 9.56. The lowest BCUT2D eigenvalue weighted by Gasteiger charge is -2.20. The Hall–Kier alpha value is -1.68. The molecule has 1 amide bonds. The fourth-order valence-corrected chi connectivity index (χ4v) is 2.12. The predicted molar refractivity (Wildman–Crippen MR) is 86.4 cm³/mol. The van der Waals surface area contributed by atoms with Crippen molar-refractivity contribution in [3.8, 4) is 0 Å². The van der Waals surface area contributed by atoms with Gasteiger partial charge < -0.3 is 10.6 Å². The molecule has 2 N–H and O–H groups in total. The molecule has 4 heteroatoms. The van der Waals surface area contributed by atoms with Crippen LogP contribution in [0.25, 0.3) is 6.08 Å². The van der Waals surface area contributed by atoms with E-state index in [2.05, 4.69) is 0 Å². The zero-order valence-electron chi connectivity index (χ0n) is 11.7. The van der Waals surface area contributed by atoms with Gasteiger partial charge in [-0.25, -0.2) is 0 Å². The van der Waals surface area contributed by atoms with Crippen molar-refractivity contribution in [1.29, 1.82) is 0 Å². The van der Waals surface area contributed by atoms with E-state index in [1.165, 1.54) is 5.56 Å². The van der Waals surface area contributed by atoms with Crippen LogP contribution in [0.4, 0.5) is 0 Å². The molecule has 0 atom stereocenters. The minimum Gasteiger partial charge on any atom is -0.393 e. The topological polar surface area (TPSA) is 46.3 Å². The molecule has 0 heterocycles. The van der Waals surface area contributed by atoms with Gasteiger partial charge in [-0.3, -0.25) is 4.79 Å². The summed E-state index contributed by atoms with van der Waals surface area (Å²) in [6.45, 7) is 2.67. The molecule has 0 unspecified atom stereocenters. The standard InChI is InChI=1S/C16H20N2OS/c1-12-2-4-13(5-3-12)6-9-16(19)18(14-7-8-14)11-10-15(17)20/h2-6,9,14H,7-8,10-11H2,1H3,(H2,17,20)/b9-6+. The molecule has 0 saturated heterocycles. The molecule has 0 aliphatic heterocycles. The van der Waals surface area contributed by atoms with Crippen LogP contribution in [0.5, 0.6) is 0 Å². The fraction of sp³-hybridized carbons (Fsp3) is 0.375. The highest BCUT2D eigenvalue weighted by Gasteiger charge is 2.31. The maximum atomic E-state index is 12.2. The van der Waals surface area contributed by atoms with Crippen LogP contribution in [0.15, 0.2) is 30.3 Å². The predicted octanol–water partition coefficient (Wildman–Crippen LogP) is 2.68. The Labute approximate surface area is 125 Å². The number of carbonyl (C=O) groups excluding carboxylic acids is 1. The molecule has 0 radical (unpaired) electrons. The number of thiocarbonyl (C=S) groups is 1. The molecular formula is C16H20N2OS. The van der Waals surface area contributed by atoms with Gasteiger partial charge in [0.25, 0.3) is 0 Å². The zero-order valence-corrected chi connectivity index (χ0v) is 12.5. The number of aryl methyl sites for hydroxylation is 1. The van der Waals surface area contributed by atoms with Crippen molar-refractivity contribution in [2.75, 3.05) is 6.54 Å². The Morgan fingerprint density at radius 2 is 2.05 bits per heavy atom. The lowest BCUT2D eigenvalue weighted by Crippen LogP contribution is -2.34. The average molecular weight is 288 g/mol. The van der Waals surface area contributed by atoms with Crippen LogP contribution in [-0.2, 0) is 4.79 Å². The van der Waals surface area contributed by atoms with Gasteiger partial charge in [-0.05, 0) is 31.4 Å². The molecule has 106 valence electrons. The summed E-state index contributed by atoms with van der Waals surface area (Å²) in [6, 6.07) is 8.47. The van der Waals surface area contributed by atoms with E-state index in [0.29, 0.717) is 24.0 Å². The lowest BCUT2D eigenvalue weighted by molar-refractivity contribution is -0.126. The number of benzene rings is 1. The highest BCUT2D eigenvalue weighted by Crippen LogP contribution is 2.27. The van der Waals surface area contributed by atoms with Gasteiger partial charge in [-0.1, -0.05) is 42.0 Å². The van der Waals surface area contributed by atoms with Crippen LogP contribution in [-0.4, -0.2) is 28.4 Å². The summed E-state index contributed by atoms with van der Waals surface area (Å²) < 4.78 is 0. The summed E-state index contributed by atoms with van der Waals surface area (Å²) in [5, 5.41) is 0. The van der Waals surface area contributed by atoms with E-state index < -0.39 is 0 Å². The molecule has 2 rings (SSSR count). The highest BCUT2D eigenvalue weighted by molar-refractivity contribution is 7.80. The Morgan fingerprint density at radius 3 is 2.60 bits per heavy atom. The third kappa shape index (κ3) is 4.46. The van der Waals surface area contributed by atoms with Crippen LogP contribution in [0.1, 0.15) is 30.4 Å². The van der Waals surface area contributed by atoms with Gasteiger partial charge in [0.2, 0.25) is 5.91 Å². The largest absolute Gasteiger partial charge is 0.393 e. The molecular weight excluding hydrogens is 268 g/mol. The third-order valence-electron chi connectivity index (χ3n) is 3.37. The molecule has 0 spiro atoms. The number of rotatable bonds is 6. The minimum absolute atomic E-state index is 0.0457. The smallest absolute Gasteiger partial charge is 0.246 e. The first kappa shape index (κ1) is 14.7. The van der Waals surface area contributed by atoms with E-state index in [1.807, 2.05) is 42.2 Å². The fourth-order valence-electron chi connectivity index (χ4n) is 2.03. The second-order valence-corrected chi connectivity index (χ2v) is 5.75. The second kappa shape index (κ2) is 6.66. The van der Waals surface area contributed by atoms with Gasteiger partial charge in [0.1, 0.15) is 0 Å².